The minimum absolute atomic E-state index is 0.0172. The van der Waals surface area contributed by atoms with Crippen LogP contribution in [0.3, 0.4) is 0 Å². The Morgan fingerprint density at radius 2 is 2.25 bits per heavy atom. The second-order valence-electron chi connectivity index (χ2n) is 5.42. The van der Waals surface area contributed by atoms with E-state index >= 15 is 0 Å². The zero-order valence-electron chi connectivity index (χ0n) is 11.7. The maximum atomic E-state index is 12.4. The summed E-state index contributed by atoms with van der Waals surface area (Å²) >= 11 is 0. The summed E-state index contributed by atoms with van der Waals surface area (Å²) in [6, 6.07) is 5.41. The van der Waals surface area contributed by atoms with Gasteiger partial charge in [-0.3, -0.25) is 4.79 Å². The van der Waals surface area contributed by atoms with Crippen molar-refractivity contribution in [1.29, 1.82) is 0 Å². The van der Waals surface area contributed by atoms with E-state index in [1.54, 1.807) is 24.0 Å². The molecule has 5 nitrogen and oxygen atoms in total. The van der Waals surface area contributed by atoms with Gasteiger partial charge >= 0.3 is 0 Å². The van der Waals surface area contributed by atoms with Crippen molar-refractivity contribution in [3.63, 3.8) is 0 Å². The van der Waals surface area contributed by atoms with Crippen LogP contribution in [-0.4, -0.2) is 31.3 Å². The summed E-state index contributed by atoms with van der Waals surface area (Å²) < 4.78 is 11.4. The van der Waals surface area contributed by atoms with Crippen LogP contribution in [0.2, 0.25) is 0 Å². The molecule has 0 spiro atoms. The average molecular weight is 276 g/mol. The van der Waals surface area contributed by atoms with Crippen LogP contribution < -0.4 is 15.4 Å². The first-order chi connectivity index (χ1) is 9.65. The molecule has 0 aromatic heterocycles. The summed E-state index contributed by atoms with van der Waals surface area (Å²) in [7, 11) is 0. The van der Waals surface area contributed by atoms with E-state index in [4.69, 9.17) is 15.2 Å². The Kier molecular flexibility index (Phi) is 3.53. The van der Waals surface area contributed by atoms with Crippen LogP contribution in [0.4, 0.5) is 11.4 Å². The maximum Gasteiger partial charge on any atom is 0.267 e. The molecule has 0 radical (unpaired) electrons. The molecule has 2 aliphatic rings. The second-order valence-corrected chi connectivity index (χ2v) is 5.42. The van der Waals surface area contributed by atoms with Gasteiger partial charge < -0.3 is 20.1 Å². The number of amides is 1. The lowest BCUT2D eigenvalue weighted by atomic mass is 10.1. The number of rotatable bonds is 2. The molecule has 1 amide bonds. The van der Waals surface area contributed by atoms with Gasteiger partial charge in [0.25, 0.3) is 5.91 Å². The molecule has 3 rings (SSSR count). The molecule has 1 saturated heterocycles. The third-order valence-corrected chi connectivity index (χ3v) is 3.85. The SMILES string of the molecule is CC1Oc2cc(N)ccc2N(CC2CCCCO2)C1=O. The molecule has 1 aromatic carbocycles. The zero-order chi connectivity index (χ0) is 14.1. The van der Waals surface area contributed by atoms with Gasteiger partial charge in [-0.25, -0.2) is 0 Å². The highest BCUT2D eigenvalue weighted by molar-refractivity contribution is 6.00. The first-order valence-corrected chi connectivity index (χ1v) is 7.14. The van der Waals surface area contributed by atoms with E-state index in [2.05, 4.69) is 0 Å². The zero-order valence-corrected chi connectivity index (χ0v) is 11.7. The summed E-state index contributed by atoms with van der Waals surface area (Å²) in [6.07, 6.45) is 2.91. The molecule has 2 atom stereocenters. The summed E-state index contributed by atoms with van der Waals surface area (Å²) in [5, 5.41) is 0. The number of nitrogens with two attached hydrogens (primary N) is 1. The lowest BCUT2D eigenvalue weighted by Gasteiger charge is -2.36. The second kappa shape index (κ2) is 5.32. The highest BCUT2D eigenvalue weighted by Gasteiger charge is 2.33. The van der Waals surface area contributed by atoms with Gasteiger partial charge in [-0.05, 0) is 38.3 Å². The first-order valence-electron chi connectivity index (χ1n) is 7.14. The van der Waals surface area contributed by atoms with Gasteiger partial charge in [0.1, 0.15) is 5.75 Å². The van der Waals surface area contributed by atoms with Crippen molar-refractivity contribution < 1.29 is 14.3 Å². The van der Waals surface area contributed by atoms with E-state index in [-0.39, 0.29) is 12.0 Å². The van der Waals surface area contributed by atoms with Crippen molar-refractivity contribution in [2.24, 2.45) is 0 Å². The van der Waals surface area contributed by atoms with E-state index in [9.17, 15) is 4.79 Å². The van der Waals surface area contributed by atoms with Crippen LogP contribution in [-0.2, 0) is 9.53 Å². The number of carbonyl (C=O) groups is 1. The van der Waals surface area contributed by atoms with Gasteiger partial charge in [0, 0.05) is 18.4 Å². The minimum atomic E-state index is -0.479. The molecular formula is C15H20N2O3. The van der Waals surface area contributed by atoms with Crippen molar-refractivity contribution in [2.75, 3.05) is 23.8 Å². The Hall–Kier alpha value is -1.75. The van der Waals surface area contributed by atoms with Gasteiger partial charge in [0.05, 0.1) is 18.3 Å². The van der Waals surface area contributed by atoms with Gasteiger partial charge in [-0.2, -0.15) is 0 Å². The quantitative estimate of drug-likeness (QED) is 0.839. The van der Waals surface area contributed by atoms with E-state index in [0.717, 1.165) is 31.6 Å². The van der Waals surface area contributed by atoms with Gasteiger partial charge in [0.2, 0.25) is 0 Å². The Labute approximate surface area is 118 Å². The van der Waals surface area contributed by atoms with Gasteiger partial charge in [0.15, 0.2) is 6.10 Å². The Bertz CT molecular complexity index is 512. The van der Waals surface area contributed by atoms with Crippen LogP contribution in [0.15, 0.2) is 18.2 Å². The van der Waals surface area contributed by atoms with Crippen LogP contribution in [0, 0.1) is 0 Å². The minimum Gasteiger partial charge on any atom is -0.479 e. The fourth-order valence-electron chi connectivity index (χ4n) is 2.77. The number of benzene rings is 1. The molecule has 5 heteroatoms. The lowest BCUT2D eigenvalue weighted by molar-refractivity contribution is -0.126. The number of carbonyl (C=O) groups excluding carboxylic acids is 1. The summed E-state index contributed by atoms with van der Waals surface area (Å²) in [4.78, 5) is 14.1. The monoisotopic (exact) mass is 276 g/mol. The Morgan fingerprint density at radius 3 is 3.00 bits per heavy atom. The van der Waals surface area contributed by atoms with Crippen molar-refractivity contribution in [1.82, 2.24) is 0 Å². The van der Waals surface area contributed by atoms with Crippen molar-refractivity contribution in [2.45, 2.75) is 38.4 Å². The molecule has 2 aliphatic heterocycles. The predicted octanol–water partition coefficient (Wildman–Crippen LogP) is 1.95. The highest BCUT2D eigenvalue weighted by Crippen LogP contribution is 2.36. The molecule has 2 N–H and O–H groups in total. The van der Waals surface area contributed by atoms with Crippen molar-refractivity contribution in [3.8, 4) is 5.75 Å². The first kappa shape index (κ1) is 13.2. The summed E-state index contributed by atoms with van der Waals surface area (Å²) in [5.41, 5.74) is 7.21. The maximum absolute atomic E-state index is 12.4. The third-order valence-electron chi connectivity index (χ3n) is 3.85. The van der Waals surface area contributed by atoms with Crippen LogP contribution >= 0.6 is 0 Å². The molecule has 1 fully saturated rings. The Morgan fingerprint density at radius 1 is 1.40 bits per heavy atom. The largest absolute Gasteiger partial charge is 0.479 e. The fraction of sp³-hybridized carbons (Fsp3) is 0.533. The molecule has 0 aliphatic carbocycles. The smallest absolute Gasteiger partial charge is 0.267 e. The van der Waals surface area contributed by atoms with E-state index in [1.165, 1.54) is 0 Å². The molecule has 108 valence electrons. The third kappa shape index (κ3) is 2.45. The van der Waals surface area contributed by atoms with Crippen LogP contribution in [0.1, 0.15) is 26.2 Å². The molecule has 0 bridgehead atoms. The number of hydrogen-bond donors (Lipinski definition) is 1. The number of fused-ring (bicyclic) bond motifs is 1. The molecule has 1 aromatic rings. The van der Waals surface area contributed by atoms with Crippen molar-refractivity contribution >= 4 is 17.3 Å². The fourth-order valence-corrected chi connectivity index (χ4v) is 2.77. The molecule has 20 heavy (non-hydrogen) atoms. The van der Waals surface area contributed by atoms with Crippen LogP contribution in [0.25, 0.3) is 0 Å². The predicted molar refractivity (Wildman–Crippen MR) is 76.9 cm³/mol. The van der Waals surface area contributed by atoms with E-state index in [1.807, 2.05) is 6.07 Å². The van der Waals surface area contributed by atoms with Crippen LogP contribution in [0.5, 0.6) is 5.75 Å². The number of anilines is 2. The summed E-state index contributed by atoms with van der Waals surface area (Å²) in [5.74, 6) is 0.657. The molecule has 2 unspecified atom stereocenters. The lowest BCUT2D eigenvalue weighted by Crippen LogP contribution is -2.48. The Balaban J connectivity index is 1.86. The summed E-state index contributed by atoms with van der Waals surface area (Å²) in [6.45, 7) is 3.14. The van der Waals surface area contributed by atoms with Gasteiger partial charge in [-0.15, -0.1) is 0 Å². The van der Waals surface area contributed by atoms with E-state index in [0.29, 0.717) is 18.0 Å². The average Bonchev–Trinajstić information content (AvgIpc) is 2.45. The highest BCUT2D eigenvalue weighted by atomic mass is 16.5. The van der Waals surface area contributed by atoms with Crippen molar-refractivity contribution in [3.05, 3.63) is 18.2 Å². The topological polar surface area (TPSA) is 64.8 Å². The molecular weight excluding hydrogens is 256 g/mol. The number of nitrogen functional groups attached to an aromatic ring is 1. The number of hydrogen-bond acceptors (Lipinski definition) is 4. The van der Waals surface area contributed by atoms with Gasteiger partial charge in [-0.1, -0.05) is 0 Å². The molecule has 0 saturated carbocycles. The van der Waals surface area contributed by atoms with E-state index < -0.39 is 6.10 Å². The molecule has 2 heterocycles. The number of ether oxygens (including phenoxy) is 2. The normalized spacial score (nSPS) is 26.1. The standard InChI is InChI=1S/C15H20N2O3/c1-10-15(18)17(9-12-4-2-3-7-19-12)13-6-5-11(16)8-14(13)20-10/h5-6,8,10,12H,2-4,7,9,16H2,1H3. The number of nitrogens with zero attached hydrogens (tertiary/aromatic N) is 1.